The Bertz CT molecular complexity index is 610. The number of hydrogen-bond acceptors (Lipinski definition) is 3. The highest BCUT2D eigenvalue weighted by Gasteiger charge is 2.34. The van der Waals surface area contributed by atoms with Crippen LogP contribution in [0.5, 0.6) is 0 Å². The first-order chi connectivity index (χ1) is 8.96. The second-order valence-corrected chi connectivity index (χ2v) is 5.09. The summed E-state index contributed by atoms with van der Waals surface area (Å²) in [6.45, 7) is 2.60. The van der Waals surface area contributed by atoms with Gasteiger partial charge in [-0.05, 0) is 13.0 Å². The molecule has 2 aromatic heterocycles. The number of pyridine rings is 1. The van der Waals surface area contributed by atoms with E-state index in [0.717, 1.165) is 17.0 Å². The minimum atomic E-state index is -2.54. The molecule has 0 unspecified atom stereocenters. The molecule has 3 rings (SSSR count). The SMILES string of the molecule is Cc1cnc2c(N3CCC(F)(F)CC3)cc(N)cn12. The fourth-order valence-electron chi connectivity index (χ4n) is 2.51. The van der Waals surface area contributed by atoms with Crippen LogP contribution in [0.4, 0.5) is 20.2 Å². The van der Waals surface area contributed by atoms with Gasteiger partial charge in [-0.3, -0.25) is 0 Å². The summed E-state index contributed by atoms with van der Waals surface area (Å²) in [5.41, 5.74) is 9.09. The summed E-state index contributed by atoms with van der Waals surface area (Å²) in [4.78, 5) is 6.29. The number of hydrogen-bond donors (Lipinski definition) is 1. The number of alkyl halides is 2. The molecule has 0 radical (unpaired) electrons. The van der Waals surface area contributed by atoms with Gasteiger partial charge in [-0.2, -0.15) is 0 Å². The molecule has 0 spiro atoms. The lowest BCUT2D eigenvalue weighted by molar-refractivity contribution is -0.0220. The fraction of sp³-hybridized carbons (Fsp3) is 0.462. The van der Waals surface area contributed by atoms with E-state index in [1.54, 1.807) is 12.4 Å². The predicted octanol–water partition coefficient (Wildman–Crippen LogP) is 2.46. The van der Waals surface area contributed by atoms with Crippen molar-refractivity contribution in [2.24, 2.45) is 0 Å². The molecule has 2 aromatic rings. The maximum absolute atomic E-state index is 13.2. The zero-order valence-corrected chi connectivity index (χ0v) is 10.7. The molecule has 0 saturated carbocycles. The Morgan fingerprint density at radius 2 is 2.00 bits per heavy atom. The molecule has 0 bridgehead atoms. The van der Waals surface area contributed by atoms with Gasteiger partial charge in [0.05, 0.1) is 11.4 Å². The van der Waals surface area contributed by atoms with Gasteiger partial charge in [-0.25, -0.2) is 13.8 Å². The van der Waals surface area contributed by atoms with Crippen LogP contribution in [0, 0.1) is 6.92 Å². The summed E-state index contributed by atoms with van der Waals surface area (Å²) >= 11 is 0. The van der Waals surface area contributed by atoms with E-state index in [1.165, 1.54) is 0 Å². The minimum absolute atomic E-state index is 0.117. The zero-order valence-electron chi connectivity index (χ0n) is 10.7. The Hall–Kier alpha value is -1.85. The number of aromatic nitrogens is 2. The highest BCUT2D eigenvalue weighted by molar-refractivity contribution is 5.73. The van der Waals surface area contributed by atoms with E-state index in [9.17, 15) is 8.78 Å². The number of imidazole rings is 1. The molecule has 3 heterocycles. The van der Waals surface area contributed by atoms with E-state index in [4.69, 9.17) is 5.73 Å². The number of rotatable bonds is 1. The first-order valence-corrected chi connectivity index (χ1v) is 6.32. The largest absolute Gasteiger partial charge is 0.397 e. The van der Waals surface area contributed by atoms with Crippen molar-refractivity contribution in [2.45, 2.75) is 25.7 Å². The Kier molecular flexibility index (Phi) is 2.62. The van der Waals surface area contributed by atoms with Crippen LogP contribution in [0.1, 0.15) is 18.5 Å². The van der Waals surface area contributed by atoms with Gasteiger partial charge >= 0.3 is 0 Å². The van der Waals surface area contributed by atoms with E-state index < -0.39 is 5.92 Å². The van der Waals surface area contributed by atoms with Gasteiger partial charge in [0.25, 0.3) is 5.92 Å². The topological polar surface area (TPSA) is 46.6 Å². The maximum atomic E-state index is 13.2. The average Bonchev–Trinajstić information content (AvgIpc) is 2.71. The van der Waals surface area contributed by atoms with Gasteiger partial charge in [0, 0.05) is 44.0 Å². The van der Waals surface area contributed by atoms with Crippen LogP contribution in [0.25, 0.3) is 5.65 Å². The van der Waals surface area contributed by atoms with Crippen LogP contribution in [0.2, 0.25) is 0 Å². The second-order valence-electron chi connectivity index (χ2n) is 5.09. The number of aryl methyl sites for hydroxylation is 1. The van der Waals surface area contributed by atoms with Gasteiger partial charge in [0.2, 0.25) is 0 Å². The number of nitrogens with zero attached hydrogens (tertiary/aromatic N) is 3. The number of piperidine rings is 1. The quantitative estimate of drug-likeness (QED) is 0.862. The first kappa shape index (κ1) is 12.2. The molecule has 0 aromatic carbocycles. The molecular formula is C13H16F2N4. The lowest BCUT2D eigenvalue weighted by Crippen LogP contribution is -2.39. The van der Waals surface area contributed by atoms with Crippen molar-refractivity contribution in [1.82, 2.24) is 9.38 Å². The molecule has 1 aliphatic rings. The van der Waals surface area contributed by atoms with E-state index >= 15 is 0 Å². The molecule has 6 heteroatoms. The second kappa shape index (κ2) is 4.08. The molecule has 0 atom stereocenters. The molecule has 2 N–H and O–H groups in total. The van der Waals surface area contributed by atoms with Crippen molar-refractivity contribution in [3.05, 3.63) is 24.2 Å². The zero-order chi connectivity index (χ0) is 13.6. The molecule has 0 amide bonds. The highest BCUT2D eigenvalue weighted by atomic mass is 19.3. The van der Waals surface area contributed by atoms with Crippen molar-refractivity contribution in [1.29, 1.82) is 0 Å². The van der Waals surface area contributed by atoms with Crippen LogP contribution >= 0.6 is 0 Å². The first-order valence-electron chi connectivity index (χ1n) is 6.32. The lowest BCUT2D eigenvalue weighted by atomic mass is 10.1. The molecule has 1 aliphatic heterocycles. The van der Waals surface area contributed by atoms with E-state index in [-0.39, 0.29) is 12.8 Å². The Balaban J connectivity index is 2.01. The van der Waals surface area contributed by atoms with Crippen molar-refractivity contribution >= 4 is 17.0 Å². The van der Waals surface area contributed by atoms with Gasteiger partial charge in [-0.15, -0.1) is 0 Å². The summed E-state index contributed by atoms with van der Waals surface area (Å²) in [6.07, 6.45) is 3.33. The Labute approximate surface area is 109 Å². The normalized spacial score (nSPS) is 19.0. The number of nitrogen functional groups attached to an aromatic ring is 1. The predicted molar refractivity (Wildman–Crippen MR) is 70.7 cm³/mol. The van der Waals surface area contributed by atoms with Gasteiger partial charge in [-0.1, -0.05) is 0 Å². The number of halogens is 2. The summed E-state index contributed by atoms with van der Waals surface area (Å²) in [5.74, 6) is -2.54. The number of fused-ring (bicyclic) bond motifs is 1. The molecule has 4 nitrogen and oxygen atoms in total. The third-order valence-electron chi connectivity index (χ3n) is 3.63. The number of anilines is 2. The highest BCUT2D eigenvalue weighted by Crippen LogP contribution is 2.33. The van der Waals surface area contributed by atoms with E-state index in [0.29, 0.717) is 18.8 Å². The van der Waals surface area contributed by atoms with Crippen LogP contribution in [-0.2, 0) is 0 Å². The summed E-state index contributed by atoms with van der Waals surface area (Å²) < 4.78 is 28.3. The molecule has 1 fully saturated rings. The summed E-state index contributed by atoms with van der Waals surface area (Å²) in [5, 5.41) is 0. The van der Waals surface area contributed by atoms with Crippen molar-refractivity contribution in [3.63, 3.8) is 0 Å². The smallest absolute Gasteiger partial charge is 0.251 e. The minimum Gasteiger partial charge on any atom is -0.397 e. The van der Waals surface area contributed by atoms with Crippen LogP contribution < -0.4 is 10.6 Å². The molecular weight excluding hydrogens is 250 g/mol. The average molecular weight is 266 g/mol. The van der Waals surface area contributed by atoms with Crippen molar-refractivity contribution < 1.29 is 8.78 Å². The third-order valence-corrected chi connectivity index (χ3v) is 3.63. The maximum Gasteiger partial charge on any atom is 0.251 e. The molecule has 102 valence electrons. The van der Waals surface area contributed by atoms with Crippen LogP contribution in [0.15, 0.2) is 18.5 Å². The van der Waals surface area contributed by atoms with E-state index in [1.807, 2.05) is 22.3 Å². The third kappa shape index (κ3) is 2.11. The Morgan fingerprint density at radius 3 is 2.68 bits per heavy atom. The van der Waals surface area contributed by atoms with Crippen molar-refractivity contribution in [3.8, 4) is 0 Å². The standard InChI is InChI=1S/C13H16F2N4/c1-9-7-17-12-11(6-10(16)8-19(9)12)18-4-2-13(14,15)3-5-18/h6-8H,2-5,16H2,1H3. The van der Waals surface area contributed by atoms with E-state index in [2.05, 4.69) is 4.98 Å². The monoisotopic (exact) mass is 266 g/mol. The molecule has 19 heavy (non-hydrogen) atoms. The van der Waals surface area contributed by atoms with Gasteiger partial charge in [0.15, 0.2) is 5.65 Å². The lowest BCUT2D eigenvalue weighted by Gasteiger charge is -2.33. The Morgan fingerprint density at radius 1 is 1.32 bits per heavy atom. The fourth-order valence-corrected chi connectivity index (χ4v) is 2.51. The van der Waals surface area contributed by atoms with Gasteiger partial charge < -0.3 is 15.0 Å². The number of nitrogens with two attached hydrogens (primary N) is 1. The summed E-state index contributed by atoms with van der Waals surface area (Å²) in [6, 6.07) is 1.81. The molecule has 1 saturated heterocycles. The van der Waals surface area contributed by atoms with Crippen molar-refractivity contribution in [2.75, 3.05) is 23.7 Å². The van der Waals surface area contributed by atoms with Crippen LogP contribution in [0.3, 0.4) is 0 Å². The molecule has 0 aliphatic carbocycles. The van der Waals surface area contributed by atoms with Gasteiger partial charge in [0.1, 0.15) is 0 Å². The van der Waals surface area contributed by atoms with Crippen LogP contribution in [-0.4, -0.2) is 28.4 Å². The summed E-state index contributed by atoms with van der Waals surface area (Å²) in [7, 11) is 0.